The van der Waals surface area contributed by atoms with Gasteiger partial charge in [0.15, 0.2) is 0 Å². The van der Waals surface area contributed by atoms with Crippen molar-refractivity contribution < 1.29 is 14.2 Å². The van der Waals surface area contributed by atoms with E-state index in [1.54, 1.807) is 26.0 Å². The number of hydrogen-bond donors (Lipinski definition) is 1. The number of ether oxygens (including phenoxy) is 1. The molecule has 0 radical (unpaired) electrons. The third-order valence-corrected chi connectivity index (χ3v) is 2.41. The number of aromatic hydroxyl groups is 1. The predicted octanol–water partition coefficient (Wildman–Crippen LogP) is 2.98. The second-order valence-corrected chi connectivity index (χ2v) is 3.90. The topological polar surface area (TPSA) is 55.2 Å². The first-order valence-corrected chi connectivity index (χ1v) is 5.58. The highest BCUT2D eigenvalue weighted by molar-refractivity contribution is 5.38. The molecule has 2 aromatic rings. The van der Waals surface area contributed by atoms with Gasteiger partial charge in [0.05, 0.1) is 5.69 Å². The summed E-state index contributed by atoms with van der Waals surface area (Å²) in [7, 11) is 0. The normalized spacial score (nSPS) is 10.4. The van der Waals surface area contributed by atoms with Crippen molar-refractivity contribution in [1.82, 2.24) is 9.97 Å². The molecule has 0 spiro atoms. The molecule has 0 fully saturated rings. The summed E-state index contributed by atoms with van der Waals surface area (Å²) in [5, 5.41) is 9.44. The molecule has 4 nitrogen and oxygen atoms in total. The lowest BCUT2D eigenvalue weighted by Crippen LogP contribution is -1.99. The van der Waals surface area contributed by atoms with Gasteiger partial charge >= 0.3 is 0 Å². The van der Waals surface area contributed by atoms with Crippen molar-refractivity contribution in [2.45, 2.75) is 20.3 Å². The monoisotopic (exact) mass is 248 g/mol. The Bertz CT molecular complexity index is 553. The number of phenols is 1. The zero-order chi connectivity index (χ0) is 13.1. The Morgan fingerprint density at radius 2 is 2.06 bits per heavy atom. The quantitative estimate of drug-likeness (QED) is 0.907. The van der Waals surface area contributed by atoms with E-state index in [2.05, 4.69) is 9.97 Å². The number of phenolic OH excluding ortho intramolecular Hbond substituents is 1. The van der Waals surface area contributed by atoms with Crippen LogP contribution in [-0.4, -0.2) is 15.1 Å². The molecule has 0 amide bonds. The van der Waals surface area contributed by atoms with Gasteiger partial charge in [-0.05, 0) is 31.0 Å². The molecule has 0 bridgehead atoms. The van der Waals surface area contributed by atoms with Crippen molar-refractivity contribution in [2.24, 2.45) is 0 Å². The number of aromatic nitrogens is 2. The van der Waals surface area contributed by atoms with Crippen LogP contribution >= 0.6 is 0 Å². The van der Waals surface area contributed by atoms with Gasteiger partial charge in [0, 0.05) is 6.07 Å². The summed E-state index contributed by atoms with van der Waals surface area (Å²) in [5.74, 6) is -0.296. The summed E-state index contributed by atoms with van der Waals surface area (Å²) >= 11 is 0. The fourth-order valence-electron chi connectivity index (χ4n) is 1.60. The number of hydrogen-bond acceptors (Lipinski definition) is 4. The molecule has 1 N–H and O–H groups in total. The molecule has 5 heteroatoms. The van der Waals surface area contributed by atoms with E-state index in [4.69, 9.17) is 4.74 Å². The minimum Gasteiger partial charge on any atom is -0.508 e. The molecule has 0 saturated carbocycles. The SMILES string of the molecule is CCc1ncnc(Oc2cc(C)cc(O)c2)c1F. The van der Waals surface area contributed by atoms with Gasteiger partial charge in [-0.1, -0.05) is 6.92 Å². The number of halogens is 1. The Balaban J connectivity index is 2.34. The van der Waals surface area contributed by atoms with Gasteiger partial charge in [-0.15, -0.1) is 0 Å². The molecule has 2 rings (SSSR count). The van der Waals surface area contributed by atoms with Crippen molar-refractivity contribution in [2.75, 3.05) is 0 Å². The molecule has 1 heterocycles. The fraction of sp³-hybridized carbons (Fsp3) is 0.231. The minimum atomic E-state index is -0.569. The Labute approximate surface area is 104 Å². The van der Waals surface area contributed by atoms with Crippen LogP contribution < -0.4 is 4.74 Å². The number of aryl methyl sites for hydroxylation is 2. The molecule has 0 unspecified atom stereocenters. The summed E-state index contributed by atoms with van der Waals surface area (Å²) < 4.78 is 19.2. The van der Waals surface area contributed by atoms with Gasteiger partial charge in [-0.3, -0.25) is 0 Å². The van der Waals surface area contributed by atoms with Crippen LogP contribution in [0.3, 0.4) is 0 Å². The molecule has 1 aromatic carbocycles. The van der Waals surface area contributed by atoms with Crippen LogP contribution in [0.15, 0.2) is 24.5 Å². The van der Waals surface area contributed by atoms with Gasteiger partial charge in [0.2, 0.25) is 5.82 Å². The third-order valence-electron chi connectivity index (χ3n) is 2.41. The number of rotatable bonds is 3. The molecular weight excluding hydrogens is 235 g/mol. The summed E-state index contributed by atoms with van der Waals surface area (Å²) in [6.45, 7) is 3.61. The summed E-state index contributed by atoms with van der Waals surface area (Å²) in [6.07, 6.45) is 1.72. The van der Waals surface area contributed by atoms with Crippen LogP contribution in [-0.2, 0) is 6.42 Å². The van der Waals surface area contributed by atoms with E-state index in [9.17, 15) is 9.50 Å². The van der Waals surface area contributed by atoms with Crippen LogP contribution in [0, 0.1) is 12.7 Å². The van der Waals surface area contributed by atoms with Gasteiger partial charge in [-0.25, -0.2) is 4.98 Å². The molecule has 18 heavy (non-hydrogen) atoms. The van der Waals surface area contributed by atoms with Crippen LogP contribution in [0.4, 0.5) is 4.39 Å². The van der Waals surface area contributed by atoms with Crippen LogP contribution in [0.2, 0.25) is 0 Å². The third kappa shape index (κ3) is 2.56. The van der Waals surface area contributed by atoms with Crippen LogP contribution in [0.25, 0.3) is 0 Å². The van der Waals surface area contributed by atoms with Gasteiger partial charge in [0.25, 0.3) is 5.88 Å². The average Bonchev–Trinajstić information content (AvgIpc) is 2.30. The molecule has 0 aliphatic rings. The Morgan fingerprint density at radius 1 is 1.28 bits per heavy atom. The number of nitrogens with zero attached hydrogens (tertiary/aromatic N) is 2. The van der Waals surface area contributed by atoms with Crippen molar-refractivity contribution in [3.63, 3.8) is 0 Å². The van der Waals surface area contributed by atoms with E-state index < -0.39 is 5.82 Å². The summed E-state index contributed by atoms with van der Waals surface area (Å²) in [5.41, 5.74) is 1.12. The van der Waals surface area contributed by atoms with E-state index >= 15 is 0 Å². The van der Waals surface area contributed by atoms with E-state index in [1.165, 1.54) is 12.4 Å². The number of benzene rings is 1. The minimum absolute atomic E-state index is 0.0650. The van der Waals surface area contributed by atoms with E-state index in [1.807, 2.05) is 0 Å². The summed E-state index contributed by atoms with van der Waals surface area (Å²) in [6, 6.07) is 4.67. The van der Waals surface area contributed by atoms with Gasteiger partial charge in [-0.2, -0.15) is 9.37 Å². The van der Waals surface area contributed by atoms with Gasteiger partial charge < -0.3 is 9.84 Å². The zero-order valence-electron chi connectivity index (χ0n) is 10.1. The molecule has 0 aliphatic carbocycles. The van der Waals surface area contributed by atoms with E-state index in [0.717, 1.165) is 5.56 Å². The van der Waals surface area contributed by atoms with E-state index in [-0.39, 0.29) is 11.6 Å². The maximum Gasteiger partial charge on any atom is 0.259 e. The predicted molar refractivity (Wildman–Crippen MR) is 64.3 cm³/mol. The zero-order valence-corrected chi connectivity index (χ0v) is 10.1. The molecule has 0 aliphatic heterocycles. The van der Waals surface area contributed by atoms with Gasteiger partial charge in [0.1, 0.15) is 17.8 Å². The maximum absolute atomic E-state index is 13.8. The highest BCUT2D eigenvalue weighted by Gasteiger charge is 2.12. The second-order valence-electron chi connectivity index (χ2n) is 3.90. The molecule has 0 atom stereocenters. The Kier molecular flexibility index (Phi) is 3.41. The standard InChI is InChI=1S/C13H13FN2O2/c1-3-11-12(14)13(16-7-15-11)18-10-5-8(2)4-9(17)6-10/h4-7,17H,3H2,1-2H3. The van der Waals surface area contributed by atoms with Crippen LogP contribution in [0.5, 0.6) is 17.4 Å². The lowest BCUT2D eigenvalue weighted by Gasteiger charge is -2.08. The molecule has 94 valence electrons. The van der Waals surface area contributed by atoms with E-state index in [0.29, 0.717) is 17.9 Å². The Morgan fingerprint density at radius 3 is 2.72 bits per heavy atom. The summed E-state index contributed by atoms with van der Waals surface area (Å²) in [4.78, 5) is 7.57. The second kappa shape index (κ2) is 5.00. The molecular formula is C13H13FN2O2. The van der Waals surface area contributed by atoms with Crippen molar-refractivity contribution in [3.8, 4) is 17.4 Å². The first kappa shape index (κ1) is 12.3. The van der Waals surface area contributed by atoms with Crippen molar-refractivity contribution >= 4 is 0 Å². The van der Waals surface area contributed by atoms with Crippen molar-refractivity contribution in [3.05, 3.63) is 41.6 Å². The maximum atomic E-state index is 13.8. The molecule has 0 saturated heterocycles. The first-order chi connectivity index (χ1) is 8.60. The average molecular weight is 248 g/mol. The largest absolute Gasteiger partial charge is 0.508 e. The van der Waals surface area contributed by atoms with Crippen LogP contribution in [0.1, 0.15) is 18.2 Å². The van der Waals surface area contributed by atoms with Crippen molar-refractivity contribution in [1.29, 1.82) is 0 Å². The molecule has 1 aromatic heterocycles. The fourth-order valence-corrected chi connectivity index (χ4v) is 1.60. The first-order valence-electron chi connectivity index (χ1n) is 5.58. The highest BCUT2D eigenvalue weighted by atomic mass is 19.1. The lowest BCUT2D eigenvalue weighted by molar-refractivity contribution is 0.409. The smallest absolute Gasteiger partial charge is 0.259 e. The lowest BCUT2D eigenvalue weighted by atomic mass is 10.2. The Hall–Kier alpha value is -2.17. The highest BCUT2D eigenvalue weighted by Crippen LogP contribution is 2.27.